The van der Waals surface area contributed by atoms with Gasteiger partial charge in [0.05, 0.1) is 13.2 Å². The summed E-state index contributed by atoms with van der Waals surface area (Å²) in [6, 6.07) is 4.93. The van der Waals surface area contributed by atoms with Crippen LogP contribution >= 0.6 is 15.9 Å². The van der Waals surface area contributed by atoms with Crippen molar-refractivity contribution in [3.63, 3.8) is 0 Å². The van der Waals surface area contributed by atoms with Gasteiger partial charge in [0, 0.05) is 16.6 Å². The molecule has 0 bridgehead atoms. The molecule has 0 heterocycles. The number of benzene rings is 1. The second-order valence-electron chi connectivity index (χ2n) is 3.84. The van der Waals surface area contributed by atoms with Crippen LogP contribution in [0.2, 0.25) is 0 Å². The highest BCUT2D eigenvalue weighted by atomic mass is 79.9. The van der Waals surface area contributed by atoms with Crippen LogP contribution in [0.1, 0.15) is 19.4 Å². The molecular weight excluding hydrogens is 301 g/mol. The fraction of sp³-hybridized carbons (Fsp3) is 0.462. The van der Waals surface area contributed by atoms with Gasteiger partial charge in [-0.15, -0.1) is 0 Å². The van der Waals surface area contributed by atoms with Crippen LogP contribution in [-0.4, -0.2) is 30.6 Å². The molecule has 0 N–H and O–H groups in total. The van der Waals surface area contributed by atoms with Crippen LogP contribution < -0.4 is 0 Å². The zero-order chi connectivity index (χ0) is 13.5. The zero-order valence-electron chi connectivity index (χ0n) is 10.6. The molecule has 0 radical (unpaired) electrons. The third-order valence-corrected chi connectivity index (χ3v) is 3.01. The maximum absolute atomic E-state index is 13.7. The van der Waals surface area contributed by atoms with E-state index in [2.05, 4.69) is 15.9 Å². The number of rotatable bonds is 6. The molecule has 0 saturated carbocycles. The first-order valence-corrected chi connectivity index (χ1v) is 6.68. The molecule has 0 spiro atoms. The summed E-state index contributed by atoms with van der Waals surface area (Å²) in [7, 11) is 0. The summed E-state index contributed by atoms with van der Waals surface area (Å²) in [5, 5.41) is 0. The second kappa shape index (κ2) is 7.48. The maximum atomic E-state index is 13.7. The number of hydrogen-bond acceptors (Lipinski definition) is 3. The first-order valence-electron chi connectivity index (χ1n) is 5.88. The van der Waals surface area contributed by atoms with Gasteiger partial charge in [-0.2, -0.15) is 0 Å². The van der Waals surface area contributed by atoms with Gasteiger partial charge in [0.2, 0.25) is 0 Å². The van der Waals surface area contributed by atoms with Crippen molar-refractivity contribution in [2.75, 3.05) is 19.7 Å². The minimum atomic E-state index is -0.281. The van der Waals surface area contributed by atoms with E-state index in [4.69, 9.17) is 4.74 Å². The van der Waals surface area contributed by atoms with E-state index in [0.717, 1.165) is 0 Å². The Morgan fingerprint density at radius 2 is 2.17 bits per heavy atom. The molecule has 0 aliphatic carbocycles. The lowest BCUT2D eigenvalue weighted by molar-refractivity contribution is -0.144. The number of halogens is 2. The molecule has 0 atom stereocenters. The van der Waals surface area contributed by atoms with E-state index in [9.17, 15) is 9.18 Å². The Balaban J connectivity index is 2.65. The Morgan fingerprint density at radius 3 is 2.72 bits per heavy atom. The predicted molar refractivity (Wildman–Crippen MR) is 71.7 cm³/mol. The van der Waals surface area contributed by atoms with Crippen molar-refractivity contribution < 1.29 is 13.9 Å². The fourth-order valence-electron chi connectivity index (χ4n) is 1.56. The number of hydrogen-bond donors (Lipinski definition) is 0. The Hall–Kier alpha value is -0.940. The van der Waals surface area contributed by atoms with Crippen LogP contribution in [0.5, 0.6) is 0 Å². The monoisotopic (exact) mass is 317 g/mol. The van der Waals surface area contributed by atoms with Crippen LogP contribution in [0.15, 0.2) is 22.7 Å². The van der Waals surface area contributed by atoms with E-state index in [-0.39, 0.29) is 18.3 Å². The van der Waals surface area contributed by atoms with E-state index in [1.165, 1.54) is 6.07 Å². The number of ether oxygens (including phenoxy) is 1. The Labute approximate surface area is 115 Å². The summed E-state index contributed by atoms with van der Waals surface area (Å²) >= 11 is 3.21. The summed E-state index contributed by atoms with van der Waals surface area (Å²) in [6.45, 7) is 5.30. The van der Waals surface area contributed by atoms with Crippen molar-refractivity contribution in [2.45, 2.75) is 20.4 Å². The molecule has 0 fully saturated rings. The van der Waals surface area contributed by atoms with Crippen LogP contribution in [-0.2, 0) is 16.1 Å². The molecule has 0 amide bonds. The van der Waals surface area contributed by atoms with Crippen molar-refractivity contribution in [2.24, 2.45) is 0 Å². The van der Waals surface area contributed by atoms with Crippen molar-refractivity contribution in [1.29, 1.82) is 0 Å². The summed E-state index contributed by atoms with van der Waals surface area (Å²) in [4.78, 5) is 13.2. The van der Waals surface area contributed by atoms with Gasteiger partial charge in [-0.25, -0.2) is 4.39 Å². The molecule has 0 aromatic heterocycles. The molecule has 1 rings (SSSR count). The summed E-state index contributed by atoms with van der Waals surface area (Å²) in [5.41, 5.74) is 0.573. The normalized spacial score (nSPS) is 10.7. The lowest BCUT2D eigenvalue weighted by Gasteiger charge is -2.19. The van der Waals surface area contributed by atoms with Gasteiger partial charge >= 0.3 is 5.97 Å². The first-order chi connectivity index (χ1) is 8.56. The van der Waals surface area contributed by atoms with Crippen molar-refractivity contribution >= 4 is 21.9 Å². The van der Waals surface area contributed by atoms with E-state index in [1.54, 1.807) is 19.1 Å². The van der Waals surface area contributed by atoms with Crippen molar-refractivity contribution in [3.8, 4) is 0 Å². The van der Waals surface area contributed by atoms with Gasteiger partial charge in [-0.05, 0) is 25.6 Å². The third-order valence-electron chi connectivity index (χ3n) is 2.51. The van der Waals surface area contributed by atoms with Gasteiger partial charge in [0.15, 0.2) is 0 Å². The second-order valence-corrected chi connectivity index (χ2v) is 4.76. The van der Waals surface area contributed by atoms with Gasteiger partial charge in [-0.1, -0.05) is 28.9 Å². The van der Waals surface area contributed by atoms with E-state index >= 15 is 0 Å². The molecule has 18 heavy (non-hydrogen) atoms. The van der Waals surface area contributed by atoms with Crippen LogP contribution in [0.3, 0.4) is 0 Å². The van der Waals surface area contributed by atoms with Crippen LogP contribution in [0.4, 0.5) is 4.39 Å². The fourth-order valence-corrected chi connectivity index (χ4v) is 1.89. The standard InChI is InChI=1S/C13H17BrFNO2/c1-3-16(9-13(17)18-4-2)8-10-5-6-11(14)7-12(10)15/h5-7H,3-4,8-9H2,1-2H3. The molecule has 0 unspecified atom stereocenters. The number of carbonyl (C=O) groups excluding carboxylic acids is 1. The van der Waals surface area contributed by atoms with Gasteiger partial charge < -0.3 is 4.74 Å². The minimum Gasteiger partial charge on any atom is -0.465 e. The minimum absolute atomic E-state index is 0.180. The Bertz CT molecular complexity index is 412. The molecular formula is C13H17BrFNO2. The zero-order valence-corrected chi connectivity index (χ0v) is 12.2. The van der Waals surface area contributed by atoms with Crippen LogP contribution in [0, 0.1) is 5.82 Å². The molecule has 5 heteroatoms. The first kappa shape index (κ1) is 15.1. The quantitative estimate of drug-likeness (QED) is 0.755. The van der Waals surface area contributed by atoms with Crippen LogP contribution in [0.25, 0.3) is 0 Å². The highest BCUT2D eigenvalue weighted by Crippen LogP contribution is 2.16. The van der Waals surface area contributed by atoms with Gasteiger partial charge in [0.1, 0.15) is 5.82 Å². The largest absolute Gasteiger partial charge is 0.465 e. The lowest BCUT2D eigenvalue weighted by Crippen LogP contribution is -2.30. The molecule has 0 aliphatic heterocycles. The molecule has 0 saturated heterocycles. The van der Waals surface area contributed by atoms with E-state index in [1.807, 2.05) is 11.8 Å². The molecule has 1 aromatic rings. The molecule has 0 aliphatic rings. The molecule has 1 aromatic carbocycles. The highest BCUT2D eigenvalue weighted by molar-refractivity contribution is 9.10. The number of esters is 1. The summed E-state index contributed by atoms with van der Waals surface area (Å²) in [5.74, 6) is -0.552. The molecule has 3 nitrogen and oxygen atoms in total. The topological polar surface area (TPSA) is 29.5 Å². The van der Waals surface area contributed by atoms with Crippen molar-refractivity contribution in [1.82, 2.24) is 4.90 Å². The summed E-state index contributed by atoms with van der Waals surface area (Å²) < 4.78 is 19.2. The van der Waals surface area contributed by atoms with Gasteiger partial charge in [-0.3, -0.25) is 9.69 Å². The third kappa shape index (κ3) is 4.74. The predicted octanol–water partition coefficient (Wildman–Crippen LogP) is 2.97. The van der Waals surface area contributed by atoms with Crippen molar-refractivity contribution in [3.05, 3.63) is 34.1 Å². The van der Waals surface area contributed by atoms with E-state index in [0.29, 0.717) is 29.7 Å². The number of nitrogens with zero attached hydrogens (tertiary/aromatic N) is 1. The average Bonchev–Trinajstić information content (AvgIpc) is 2.31. The Morgan fingerprint density at radius 1 is 1.44 bits per heavy atom. The number of likely N-dealkylation sites (N-methyl/N-ethyl adjacent to an activating group) is 1. The van der Waals surface area contributed by atoms with E-state index < -0.39 is 0 Å². The average molecular weight is 318 g/mol. The highest BCUT2D eigenvalue weighted by Gasteiger charge is 2.12. The number of carbonyl (C=O) groups is 1. The maximum Gasteiger partial charge on any atom is 0.320 e. The lowest BCUT2D eigenvalue weighted by atomic mass is 10.2. The molecule has 100 valence electrons. The summed E-state index contributed by atoms with van der Waals surface area (Å²) in [6.07, 6.45) is 0. The Kier molecular flexibility index (Phi) is 6.29. The van der Waals surface area contributed by atoms with Gasteiger partial charge in [0.25, 0.3) is 0 Å². The SMILES string of the molecule is CCOC(=O)CN(CC)Cc1ccc(Br)cc1F. The smallest absolute Gasteiger partial charge is 0.320 e.